The summed E-state index contributed by atoms with van der Waals surface area (Å²) in [4.78, 5) is 24.2. The zero-order chi connectivity index (χ0) is 18.7. The lowest BCUT2D eigenvalue weighted by atomic mass is 9.84. The minimum Gasteiger partial charge on any atom is -0.351 e. The molecular weight excluding hydrogens is 340 g/mol. The fraction of sp³-hybridized carbons (Fsp3) is 0.421. The van der Waals surface area contributed by atoms with Crippen LogP contribution in [-0.4, -0.2) is 21.7 Å². The van der Waals surface area contributed by atoms with Crippen molar-refractivity contribution >= 4 is 5.91 Å². The number of benzene rings is 1. The molecule has 5 nitrogen and oxygen atoms in total. The minimum absolute atomic E-state index is 0.0212. The predicted octanol–water partition coefficient (Wildman–Crippen LogP) is 2.88. The number of aromatic nitrogens is 2. The highest BCUT2D eigenvalue weighted by atomic mass is 19.2. The van der Waals surface area contributed by atoms with Gasteiger partial charge in [-0.05, 0) is 43.5 Å². The van der Waals surface area contributed by atoms with Crippen LogP contribution in [0.4, 0.5) is 8.78 Å². The standard InChI is InChI=1S/C19H21F2N3O2/c1-2-14(22-19(26)12-4-3-5-12)11-24-18(25)9-8-17(23-24)13-6-7-15(20)16(21)10-13/h6-10,12,14H,2-5,11H2,1H3,(H,22,26)/t14-/m1/s1. The van der Waals surface area contributed by atoms with Gasteiger partial charge in [-0.1, -0.05) is 13.3 Å². The van der Waals surface area contributed by atoms with E-state index in [9.17, 15) is 18.4 Å². The van der Waals surface area contributed by atoms with Crippen LogP contribution in [0.25, 0.3) is 11.3 Å². The largest absolute Gasteiger partial charge is 0.351 e. The average molecular weight is 361 g/mol. The number of hydrogen-bond acceptors (Lipinski definition) is 3. The Labute approximate surface area is 150 Å². The Bertz CT molecular complexity index is 862. The molecule has 1 saturated carbocycles. The molecule has 1 atom stereocenters. The van der Waals surface area contributed by atoms with Gasteiger partial charge in [-0.3, -0.25) is 9.59 Å². The molecule has 0 spiro atoms. The normalized spacial score (nSPS) is 15.3. The second-order valence-electron chi connectivity index (χ2n) is 6.61. The van der Waals surface area contributed by atoms with Crippen molar-refractivity contribution in [3.05, 3.63) is 52.3 Å². The first-order chi connectivity index (χ1) is 12.5. The zero-order valence-electron chi connectivity index (χ0n) is 14.5. The lowest BCUT2D eigenvalue weighted by molar-refractivity contribution is -0.128. The van der Waals surface area contributed by atoms with Gasteiger partial charge in [0.15, 0.2) is 11.6 Å². The van der Waals surface area contributed by atoms with Crippen LogP contribution in [0.1, 0.15) is 32.6 Å². The van der Waals surface area contributed by atoms with E-state index in [2.05, 4.69) is 10.4 Å². The molecule has 26 heavy (non-hydrogen) atoms. The molecule has 1 amide bonds. The number of amides is 1. The molecule has 3 rings (SSSR count). The van der Waals surface area contributed by atoms with Crippen molar-refractivity contribution in [2.24, 2.45) is 5.92 Å². The van der Waals surface area contributed by atoms with Gasteiger partial charge in [-0.15, -0.1) is 0 Å². The molecule has 0 radical (unpaired) electrons. The number of hydrogen-bond donors (Lipinski definition) is 1. The van der Waals surface area contributed by atoms with Crippen molar-refractivity contribution in [2.75, 3.05) is 0 Å². The van der Waals surface area contributed by atoms with Crippen LogP contribution in [0.15, 0.2) is 35.1 Å². The maximum absolute atomic E-state index is 13.4. The fourth-order valence-corrected chi connectivity index (χ4v) is 2.86. The summed E-state index contributed by atoms with van der Waals surface area (Å²) in [5, 5.41) is 7.22. The van der Waals surface area contributed by atoms with E-state index in [0.717, 1.165) is 31.4 Å². The predicted molar refractivity (Wildman–Crippen MR) is 93.4 cm³/mol. The number of halogens is 2. The van der Waals surface area contributed by atoms with Crippen molar-refractivity contribution in [2.45, 2.75) is 45.2 Å². The molecule has 0 bridgehead atoms. The summed E-state index contributed by atoms with van der Waals surface area (Å²) < 4.78 is 27.8. The van der Waals surface area contributed by atoms with Crippen LogP contribution < -0.4 is 10.9 Å². The van der Waals surface area contributed by atoms with E-state index in [0.29, 0.717) is 17.7 Å². The molecule has 1 heterocycles. The van der Waals surface area contributed by atoms with Gasteiger partial charge in [0.05, 0.1) is 12.2 Å². The topological polar surface area (TPSA) is 64.0 Å². The van der Waals surface area contributed by atoms with Gasteiger partial charge < -0.3 is 5.32 Å². The van der Waals surface area contributed by atoms with Crippen molar-refractivity contribution < 1.29 is 13.6 Å². The van der Waals surface area contributed by atoms with Gasteiger partial charge in [0, 0.05) is 23.6 Å². The lowest BCUT2D eigenvalue weighted by Gasteiger charge is -2.27. The first kappa shape index (κ1) is 18.2. The maximum Gasteiger partial charge on any atom is 0.266 e. The van der Waals surface area contributed by atoms with Gasteiger partial charge >= 0.3 is 0 Å². The zero-order valence-corrected chi connectivity index (χ0v) is 14.5. The molecule has 0 saturated heterocycles. The Morgan fingerprint density at radius 3 is 2.65 bits per heavy atom. The van der Waals surface area contributed by atoms with Crippen LogP contribution >= 0.6 is 0 Å². The van der Waals surface area contributed by atoms with Crippen LogP contribution in [-0.2, 0) is 11.3 Å². The third-order valence-corrected chi connectivity index (χ3v) is 4.79. The Morgan fingerprint density at radius 2 is 2.04 bits per heavy atom. The molecule has 138 valence electrons. The van der Waals surface area contributed by atoms with Crippen molar-refractivity contribution in [3.8, 4) is 11.3 Å². The van der Waals surface area contributed by atoms with E-state index in [1.54, 1.807) is 0 Å². The van der Waals surface area contributed by atoms with E-state index in [4.69, 9.17) is 0 Å². The molecule has 1 aliphatic rings. The van der Waals surface area contributed by atoms with Gasteiger partial charge in [-0.25, -0.2) is 13.5 Å². The Morgan fingerprint density at radius 1 is 1.27 bits per heavy atom. The quantitative estimate of drug-likeness (QED) is 0.860. The molecule has 1 N–H and O–H groups in total. The fourth-order valence-electron chi connectivity index (χ4n) is 2.86. The summed E-state index contributed by atoms with van der Waals surface area (Å²) in [5.74, 6) is -1.82. The smallest absolute Gasteiger partial charge is 0.266 e. The molecular formula is C19H21F2N3O2. The molecule has 1 fully saturated rings. The molecule has 0 aliphatic heterocycles. The van der Waals surface area contributed by atoms with Gasteiger partial charge in [0.25, 0.3) is 5.56 Å². The minimum atomic E-state index is -0.971. The summed E-state index contributed by atoms with van der Waals surface area (Å²) in [7, 11) is 0. The number of carbonyl (C=O) groups excluding carboxylic acids is 1. The lowest BCUT2D eigenvalue weighted by Crippen LogP contribution is -2.44. The highest BCUT2D eigenvalue weighted by Gasteiger charge is 2.26. The van der Waals surface area contributed by atoms with Crippen LogP contribution in [0, 0.1) is 17.6 Å². The molecule has 7 heteroatoms. The van der Waals surface area contributed by atoms with Gasteiger partial charge in [-0.2, -0.15) is 5.10 Å². The Balaban J connectivity index is 1.79. The molecule has 0 unspecified atom stereocenters. The molecule has 1 aromatic heterocycles. The monoisotopic (exact) mass is 361 g/mol. The third-order valence-electron chi connectivity index (χ3n) is 4.79. The second kappa shape index (κ2) is 7.76. The van der Waals surface area contributed by atoms with E-state index in [-0.39, 0.29) is 30.0 Å². The summed E-state index contributed by atoms with van der Waals surface area (Å²) in [6.45, 7) is 2.15. The Kier molecular flexibility index (Phi) is 5.44. The molecule has 1 aromatic carbocycles. The SMILES string of the molecule is CC[C@H](Cn1nc(-c2ccc(F)c(F)c2)ccc1=O)NC(=O)C1CCC1. The molecule has 1 aliphatic carbocycles. The number of carbonyl (C=O) groups is 1. The van der Waals surface area contributed by atoms with Crippen molar-refractivity contribution in [1.82, 2.24) is 15.1 Å². The molecule has 2 aromatic rings. The summed E-state index contributed by atoms with van der Waals surface area (Å²) in [5.41, 5.74) is 0.431. The van der Waals surface area contributed by atoms with Gasteiger partial charge in [0.2, 0.25) is 5.91 Å². The van der Waals surface area contributed by atoms with Crippen molar-refractivity contribution in [1.29, 1.82) is 0 Å². The first-order valence-corrected chi connectivity index (χ1v) is 8.82. The number of nitrogens with one attached hydrogen (secondary N) is 1. The highest BCUT2D eigenvalue weighted by molar-refractivity contribution is 5.79. The van der Waals surface area contributed by atoms with Gasteiger partial charge in [0.1, 0.15) is 0 Å². The average Bonchev–Trinajstić information content (AvgIpc) is 2.57. The summed E-state index contributed by atoms with van der Waals surface area (Å²) in [6, 6.07) is 6.07. The highest BCUT2D eigenvalue weighted by Crippen LogP contribution is 2.26. The van der Waals surface area contributed by atoms with E-state index in [1.807, 2.05) is 6.92 Å². The van der Waals surface area contributed by atoms with Crippen LogP contribution in [0.2, 0.25) is 0 Å². The third kappa shape index (κ3) is 3.98. The summed E-state index contributed by atoms with van der Waals surface area (Å²) >= 11 is 0. The summed E-state index contributed by atoms with van der Waals surface area (Å²) in [6.07, 6.45) is 3.55. The van der Waals surface area contributed by atoms with E-state index in [1.165, 1.54) is 22.9 Å². The number of rotatable bonds is 6. The van der Waals surface area contributed by atoms with E-state index < -0.39 is 11.6 Å². The first-order valence-electron chi connectivity index (χ1n) is 8.82. The number of nitrogens with zero attached hydrogens (tertiary/aromatic N) is 2. The van der Waals surface area contributed by atoms with Crippen LogP contribution in [0.3, 0.4) is 0 Å². The van der Waals surface area contributed by atoms with E-state index >= 15 is 0 Å². The Hall–Kier alpha value is -2.57. The van der Waals surface area contributed by atoms with Crippen molar-refractivity contribution in [3.63, 3.8) is 0 Å². The van der Waals surface area contributed by atoms with Crippen LogP contribution in [0.5, 0.6) is 0 Å². The maximum atomic E-state index is 13.4. The second-order valence-corrected chi connectivity index (χ2v) is 6.61.